The molecule has 0 bridgehead atoms. The Labute approximate surface area is 139 Å². The predicted molar refractivity (Wildman–Crippen MR) is 92.8 cm³/mol. The van der Waals surface area contributed by atoms with Crippen molar-refractivity contribution in [2.45, 2.75) is 19.8 Å². The lowest BCUT2D eigenvalue weighted by molar-refractivity contribution is -0.132. The Balaban J connectivity index is 1.81. The van der Waals surface area contributed by atoms with Crippen molar-refractivity contribution in [2.24, 2.45) is 11.0 Å². The first-order valence-electron chi connectivity index (χ1n) is 7.83. The number of phenols is 1. The van der Waals surface area contributed by atoms with Crippen molar-refractivity contribution in [1.29, 1.82) is 0 Å². The number of allylic oxidation sites excluding steroid dienone is 2. The zero-order valence-corrected chi connectivity index (χ0v) is 13.3. The van der Waals surface area contributed by atoms with Gasteiger partial charge in [0, 0.05) is 10.9 Å². The first-order valence-corrected chi connectivity index (χ1v) is 7.83. The molecule has 0 aromatic heterocycles. The Morgan fingerprint density at radius 2 is 2.04 bits per heavy atom. The molecule has 1 aliphatic rings. The van der Waals surface area contributed by atoms with E-state index < -0.39 is 11.8 Å². The lowest BCUT2D eigenvalue weighted by Crippen LogP contribution is -2.33. The maximum Gasteiger partial charge on any atom is 0.251 e. The first-order chi connectivity index (χ1) is 11.6. The van der Waals surface area contributed by atoms with E-state index in [0.29, 0.717) is 24.1 Å². The summed E-state index contributed by atoms with van der Waals surface area (Å²) < 4.78 is 0. The van der Waals surface area contributed by atoms with Crippen LogP contribution in [-0.4, -0.2) is 22.5 Å². The average Bonchev–Trinajstić information content (AvgIpc) is 2.60. The van der Waals surface area contributed by atoms with Crippen LogP contribution in [0.4, 0.5) is 0 Å². The zero-order chi connectivity index (χ0) is 17.1. The molecule has 5 nitrogen and oxygen atoms in total. The summed E-state index contributed by atoms with van der Waals surface area (Å²) in [6.45, 7) is 1.70. The van der Waals surface area contributed by atoms with Crippen LogP contribution in [0.5, 0.6) is 5.75 Å². The van der Waals surface area contributed by atoms with Gasteiger partial charge in [0.2, 0.25) is 0 Å². The minimum Gasteiger partial charge on any atom is -0.507 e. The van der Waals surface area contributed by atoms with Crippen molar-refractivity contribution in [1.82, 2.24) is 5.43 Å². The van der Waals surface area contributed by atoms with E-state index in [9.17, 15) is 14.7 Å². The van der Waals surface area contributed by atoms with E-state index in [0.717, 1.165) is 10.8 Å². The molecule has 0 heterocycles. The minimum absolute atomic E-state index is 0.125. The van der Waals surface area contributed by atoms with Gasteiger partial charge in [-0.3, -0.25) is 9.59 Å². The van der Waals surface area contributed by atoms with Crippen LogP contribution in [0.2, 0.25) is 0 Å². The second kappa shape index (κ2) is 6.66. The Morgan fingerprint density at radius 3 is 2.83 bits per heavy atom. The Bertz CT molecular complexity index is 868. The summed E-state index contributed by atoms with van der Waals surface area (Å²) in [4.78, 5) is 23.8. The van der Waals surface area contributed by atoms with Crippen molar-refractivity contribution >= 4 is 28.2 Å². The van der Waals surface area contributed by atoms with Crippen molar-refractivity contribution in [3.8, 4) is 5.75 Å². The quantitative estimate of drug-likeness (QED) is 0.518. The van der Waals surface area contributed by atoms with Gasteiger partial charge in [-0.2, -0.15) is 5.10 Å². The molecule has 1 amide bonds. The van der Waals surface area contributed by atoms with Crippen LogP contribution in [0.1, 0.15) is 25.3 Å². The van der Waals surface area contributed by atoms with Crippen LogP contribution in [0, 0.1) is 5.92 Å². The third-order valence-electron chi connectivity index (χ3n) is 4.19. The van der Waals surface area contributed by atoms with Crippen molar-refractivity contribution in [2.75, 3.05) is 0 Å². The number of ketones is 1. The molecule has 0 fully saturated rings. The molecular formula is C19H18N2O3. The van der Waals surface area contributed by atoms with Crippen molar-refractivity contribution in [3.63, 3.8) is 0 Å². The number of hydrogen-bond donors (Lipinski definition) is 2. The lowest BCUT2D eigenvalue weighted by atomic mass is 9.93. The number of rotatable bonds is 3. The summed E-state index contributed by atoms with van der Waals surface area (Å²) in [5, 5.41) is 16.1. The van der Waals surface area contributed by atoms with E-state index in [2.05, 4.69) is 10.5 Å². The standard InChI is InChI=1S/C19H18N2O3/c1-12(20-21-19(24)16-8-4-5-9-17(16)22)14-11-10-13-6-2-3-7-15(13)18(14)23/h2-3,5-7,9-11,16,23H,4,8H2,1H3,(H,21,24)/b20-12-. The second-order valence-electron chi connectivity index (χ2n) is 5.79. The van der Waals surface area contributed by atoms with Gasteiger partial charge < -0.3 is 5.11 Å². The molecule has 24 heavy (non-hydrogen) atoms. The molecule has 1 aliphatic carbocycles. The largest absolute Gasteiger partial charge is 0.507 e. The normalized spacial score (nSPS) is 18.0. The maximum atomic E-state index is 12.1. The van der Waals surface area contributed by atoms with Gasteiger partial charge >= 0.3 is 0 Å². The molecule has 0 saturated heterocycles. The Kier molecular flexibility index (Phi) is 4.42. The van der Waals surface area contributed by atoms with Gasteiger partial charge in [-0.1, -0.05) is 36.4 Å². The van der Waals surface area contributed by atoms with E-state index in [1.165, 1.54) is 6.08 Å². The maximum absolute atomic E-state index is 12.1. The number of hydrazone groups is 1. The molecule has 1 unspecified atom stereocenters. The van der Waals surface area contributed by atoms with Crippen LogP contribution < -0.4 is 5.43 Å². The van der Waals surface area contributed by atoms with Gasteiger partial charge in [0.25, 0.3) is 5.91 Å². The monoisotopic (exact) mass is 322 g/mol. The highest BCUT2D eigenvalue weighted by Gasteiger charge is 2.26. The summed E-state index contributed by atoms with van der Waals surface area (Å²) in [5.41, 5.74) is 3.46. The smallest absolute Gasteiger partial charge is 0.251 e. The van der Waals surface area contributed by atoms with Gasteiger partial charge in [0.05, 0.1) is 5.71 Å². The highest BCUT2D eigenvalue weighted by molar-refractivity contribution is 6.09. The Hall–Kier alpha value is -2.95. The number of carbonyl (C=O) groups is 2. The number of hydrogen-bond acceptors (Lipinski definition) is 4. The number of phenolic OH excluding ortho intramolecular Hbond substituents is 1. The van der Waals surface area contributed by atoms with Gasteiger partial charge in [0.1, 0.15) is 11.7 Å². The van der Waals surface area contributed by atoms with Crippen LogP contribution in [0.15, 0.2) is 53.7 Å². The molecule has 2 aromatic carbocycles. The fourth-order valence-electron chi connectivity index (χ4n) is 2.81. The fraction of sp³-hybridized carbons (Fsp3) is 0.211. The third kappa shape index (κ3) is 3.06. The zero-order valence-electron chi connectivity index (χ0n) is 13.3. The highest BCUT2D eigenvalue weighted by atomic mass is 16.3. The molecule has 0 aliphatic heterocycles. The van der Waals surface area contributed by atoms with E-state index in [1.54, 1.807) is 19.1 Å². The van der Waals surface area contributed by atoms with Crippen molar-refractivity contribution < 1.29 is 14.7 Å². The molecule has 0 saturated carbocycles. The molecule has 5 heteroatoms. The number of nitrogens with one attached hydrogen (secondary N) is 1. The molecule has 3 rings (SSSR count). The molecular weight excluding hydrogens is 304 g/mol. The first kappa shape index (κ1) is 15.9. The van der Waals surface area contributed by atoms with Gasteiger partial charge in [-0.05, 0) is 37.3 Å². The summed E-state index contributed by atoms with van der Waals surface area (Å²) in [6, 6.07) is 11.1. The molecule has 1 atom stereocenters. The number of carbonyl (C=O) groups excluding carboxylic acids is 2. The predicted octanol–water partition coefficient (Wildman–Crippen LogP) is 2.92. The van der Waals surface area contributed by atoms with Crippen LogP contribution >= 0.6 is 0 Å². The summed E-state index contributed by atoms with van der Waals surface area (Å²) in [7, 11) is 0. The van der Waals surface area contributed by atoms with Crippen LogP contribution in [0.3, 0.4) is 0 Å². The molecule has 2 aromatic rings. The van der Waals surface area contributed by atoms with Crippen molar-refractivity contribution in [3.05, 3.63) is 54.1 Å². The number of nitrogens with zero attached hydrogens (tertiary/aromatic N) is 1. The van der Waals surface area contributed by atoms with E-state index in [4.69, 9.17) is 0 Å². The van der Waals surface area contributed by atoms with Gasteiger partial charge in [0.15, 0.2) is 5.78 Å². The van der Waals surface area contributed by atoms with Crippen LogP contribution in [-0.2, 0) is 9.59 Å². The highest BCUT2D eigenvalue weighted by Crippen LogP contribution is 2.28. The van der Waals surface area contributed by atoms with E-state index in [-0.39, 0.29) is 11.5 Å². The fourth-order valence-corrected chi connectivity index (χ4v) is 2.81. The third-order valence-corrected chi connectivity index (χ3v) is 4.19. The lowest BCUT2D eigenvalue weighted by Gasteiger charge is -2.14. The number of aromatic hydroxyl groups is 1. The van der Waals surface area contributed by atoms with Gasteiger partial charge in [-0.25, -0.2) is 5.43 Å². The topological polar surface area (TPSA) is 78.8 Å². The Morgan fingerprint density at radius 1 is 1.25 bits per heavy atom. The number of benzene rings is 2. The average molecular weight is 322 g/mol. The summed E-state index contributed by atoms with van der Waals surface area (Å²) >= 11 is 0. The van der Waals surface area contributed by atoms with Gasteiger partial charge in [-0.15, -0.1) is 0 Å². The number of fused-ring (bicyclic) bond motifs is 1. The summed E-state index contributed by atoms with van der Waals surface area (Å²) in [6.07, 6.45) is 4.42. The molecule has 2 N–H and O–H groups in total. The summed E-state index contributed by atoms with van der Waals surface area (Å²) in [5.74, 6) is -1.17. The SMILES string of the molecule is C/C(=N/NC(=O)C1CCC=CC1=O)c1ccc2ccccc2c1O. The molecule has 0 spiro atoms. The number of amides is 1. The second-order valence-corrected chi connectivity index (χ2v) is 5.79. The van der Waals surface area contributed by atoms with E-state index in [1.807, 2.05) is 30.3 Å². The van der Waals surface area contributed by atoms with Crippen LogP contribution in [0.25, 0.3) is 10.8 Å². The molecule has 0 radical (unpaired) electrons. The van der Waals surface area contributed by atoms with E-state index >= 15 is 0 Å². The minimum atomic E-state index is -0.684. The molecule has 122 valence electrons.